The van der Waals surface area contributed by atoms with Crippen molar-refractivity contribution in [1.82, 2.24) is 25.0 Å². The summed E-state index contributed by atoms with van der Waals surface area (Å²) in [6.07, 6.45) is 3.68. The summed E-state index contributed by atoms with van der Waals surface area (Å²) < 4.78 is 27.3. The van der Waals surface area contributed by atoms with Crippen molar-refractivity contribution in [2.75, 3.05) is 32.7 Å². The van der Waals surface area contributed by atoms with Gasteiger partial charge in [-0.15, -0.1) is 0 Å². The molecule has 3 aromatic rings. The van der Waals surface area contributed by atoms with Gasteiger partial charge in [-0.2, -0.15) is 5.10 Å². The van der Waals surface area contributed by atoms with Crippen LogP contribution in [0.3, 0.4) is 0 Å². The van der Waals surface area contributed by atoms with E-state index in [0.717, 1.165) is 49.7 Å². The van der Waals surface area contributed by atoms with Crippen LogP contribution < -0.4 is 0 Å². The highest BCUT2D eigenvalue weighted by molar-refractivity contribution is 5.29. The zero-order valence-electron chi connectivity index (χ0n) is 16.5. The Hall–Kier alpha value is -2.64. The van der Waals surface area contributed by atoms with Crippen LogP contribution in [0.5, 0.6) is 0 Å². The third-order valence-electron chi connectivity index (χ3n) is 5.91. The molecule has 1 atom stereocenters. The minimum atomic E-state index is -0.526. The highest BCUT2D eigenvalue weighted by Gasteiger charge is 2.39. The van der Waals surface area contributed by atoms with E-state index in [0.29, 0.717) is 6.42 Å². The van der Waals surface area contributed by atoms with Gasteiger partial charge in [0.2, 0.25) is 0 Å². The Bertz CT molecular complexity index is 921. The summed E-state index contributed by atoms with van der Waals surface area (Å²) in [4.78, 5) is 9.07. The Morgan fingerprint density at radius 2 is 1.83 bits per heavy atom. The van der Waals surface area contributed by atoms with Crippen LogP contribution in [0.2, 0.25) is 0 Å². The molecule has 0 saturated carbocycles. The Morgan fingerprint density at radius 1 is 1.03 bits per heavy atom. The first-order valence-electron chi connectivity index (χ1n) is 9.90. The van der Waals surface area contributed by atoms with Gasteiger partial charge >= 0.3 is 0 Å². The number of nitrogens with one attached hydrogen (secondary N) is 1. The molecule has 29 heavy (non-hydrogen) atoms. The van der Waals surface area contributed by atoms with E-state index in [1.54, 1.807) is 18.3 Å². The van der Waals surface area contributed by atoms with Crippen LogP contribution in [0.1, 0.15) is 23.9 Å². The molecule has 152 valence electrons. The standard InChI is InChI=1S/C22H25F2N5/c1-22(21-8-10-26-27-21,20-7-6-18(23)16-25-20)29-14-12-28(13-15-29)11-9-17-4-2-3-5-19(17)24/h2-8,10,16H,9,11-15H2,1H3,(H,26,27). The maximum Gasteiger partial charge on any atom is 0.141 e. The molecule has 5 nitrogen and oxygen atoms in total. The van der Waals surface area contributed by atoms with Crippen molar-refractivity contribution in [2.24, 2.45) is 0 Å². The second kappa shape index (κ2) is 8.39. The Labute approximate surface area is 169 Å². The summed E-state index contributed by atoms with van der Waals surface area (Å²) in [6, 6.07) is 12.1. The lowest BCUT2D eigenvalue weighted by Gasteiger charge is -2.45. The van der Waals surface area contributed by atoms with E-state index in [2.05, 4.69) is 31.9 Å². The molecule has 1 unspecified atom stereocenters. The molecule has 1 aliphatic heterocycles. The van der Waals surface area contributed by atoms with E-state index >= 15 is 0 Å². The van der Waals surface area contributed by atoms with E-state index in [4.69, 9.17) is 0 Å². The first-order valence-corrected chi connectivity index (χ1v) is 9.90. The molecule has 2 aromatic heterocycles. The summed E-state index contributed by atoms with van der Waals surface area (Å²) in [5, 5.41) is 7.18. The zero-order valence-corrected chi connectivity index (χ0v) is 16.5. The average Bonchev–Trinajstić information content (AvgIpc) is 3.29. The Kier molecular flexibility index (Phi) is 5.69. The van der Waals surface area contributed by atoms with Gasteiger partial charge in [0.25, 0.3) is 0 Å². The first kappa shape index (κ1) is 19.7. The molecule has 1 fully saturated rings. The van der Waals surface area contributed by atoms with Crippen LogP contribution in [-0.4, -0.2) is 57.7 Å². The predicted molar refractivity (Wildman–Crippen MR) is 107 cm³/mol. The number of benzene rings is 1. The number of nitrogens with zero attached hydrogens (tertiary/aromatic N) is 4. The lowest BCUT2D eigenvalue weighted by molar-refractivity contribution is 0.0582. The molecule has 0 spiro atoms. The Morgan fingerprint density at radius 3 is 2.48 bits per heavy atom. The lowest BCUT2D eigenvalue weighted by Crippen LogP contribution is -2.55. The molecule has 1 N–H and O–H groups in total. The number of piperazine rings is 1. The number of rotatable bonds is 6. The van der Waals surface area contributed by atoms with Gasteiger partial charge in [0.05, 0.1) is 17.6 Å². The van der Waals surface area contributed by atoms with Crippen molar-refractivity contribution in [3.05, 3.63) is 83.4 Å². The molecule has 0 aliphatic carbocycles. The van der Waals surface area contributed by atoms with Crippen molar-refractivity contribution in [3.8, 4) is 0 Å². The molecule has 7 heteroatoms. The highest BCUT2D eigenvalue weighted by atomic mass is 19.1. The fourth-order valence-corrected chi connectivity index (χ4v) is 4.06. The summed E-state index contributed by atoms with van der Waals surface area (Å²) >= 11 is 0. The van der Waals surface area contributed by atoms with Crippen LogP contribution >= 0.6 is 0 Å². The Balaban J connectivity index is 1.46. The van der Waals surface area contributed by atoms with E-state index in [9.17, 15) is 8.78 Å². The third kappa shape index (κ3) is 4.06. The van der Waals surface area contributed by atoms with Crippen molar-refractivity contribution >= 4 is 0 Å². The smallest absolute Gasteiger partial charge is 0.141 e. The van der Waals surface area contributed by atoms with Gasteiger partial charge in [-0.25, -0.2) is 8.78 Å². The van der Waals surface area contributed by atoms with Gasteiger partial charge in [0, 0.05) is 38.9 Å². The van der Waals surface area contributed by atoms with Crippen LogP contribution in [0, 0.1) is 11.6 Å². The third-order valence-corrected chi connectivity index (χ3v) is 5.91. The normalized spacial score (nSPS) is 17.9. The maximum atomic E-state index is 13.9. The summed E-state index contributed by atoms with van der Waals surface area (Å²) in [6.45, 7) is 6.32. The van der Waals surface area contributed by atoms with Gasteiger partial charge in [0.15, 0.2) is 0 Å². The average molecular weight is 397 g/mol. The van der Waals surface area contributed by atoms with E-state index in [1.165, 1.54) is 18.3 Å². The van der Waals surface area contributed by atoms with Crippen LogP contribution in [0.15, 0.2) is 54.9 Å². The summed E-state index contributed by atoms with van der Waals surface area (Å²) in [5.74, 6) is -0.487. The monoisotopic (exact) mass is 397 g/mol. The molecule has 1 aliphatic rings. The van der Waals surface area contributed by atoms with Crippen molar-refractivity contribution in [3.63, 3.8) is 0 Å². The van der Waals surface area contributed by atoms with Crippen LogP contribution in [-0.2, 0) is 12.0 Å². The SMILES string of the molecule is CC(c1ccc(F)cn1)(c1ccn[nH]1)N1CCN(CCc2ccccc2F)CC1. The highest BCUT2D eigenvalue weighted by Crippen LogP contribution is 2.34. The van der Waals surface area contributed by atoms with Crippen LogP contribution in [0.4, 0.5) is 8.78 Å². The van der Waals surface area contributed by atoms with Crippen LogP contribution in [0.25, 0.3) is 0 Å². The lowest BCUT2D eigenvalue weighted by atomic mass is 9.89. The number of pyridine rings is 1. The molecular formula is C22H25F2N5. The molecule has 3 heterocycles. The number of H-pyrrole nitrogens is 1. The predicted octanol–water partition coefficient (Wildman–Crippen LogP) is 3.21. The fourth-order valence-electron chi connectivity index (χ4n) is 4.06. The maximum absolute atomic E-state index is 13.9. The van der Waals surface area contributed by atoms with Crippen molar-refractivity contribution in [2.45, 2.75) is 18.9 Å². The summed E-state index contributed by atoms with van der Waals surface area (Å²) in [7, 11) is 0. The number of hydrogen-bond donors (Lipinski definition) is 1. The van der Waals surface area contributed by atoms with Crippen molar-refractivity contribution < 1.29 is 8.78 Å². The van der Waals surface area contributed by atoms with E-state index in [-0.39, 0.29) is 11.6 Å². The minimum Gasteiger partial charge on any atom is -0.300 e. The molecule has 0 bridgehead atoms. The molecule has 0 radical (unpaired) electrons. The summed E-state index contributed by atoms with van der Waals surface area (Å²) in [5.41, 5.74) is 1.94. The number of halogens is 2. The topological polar surface area (TPSA) is 48.1 Å². The first-order chi connectivity index (χ1) is 14.1. The van der Waals surface area contributed by atoms with Gasteiger partial charge in [-0.05, 0) is 43.2 Å². The van der Waals surface area contributed by atoms with E-state index < -0.39 is 5.54 Å². The fraction of sp³-hybridized carbons (Fsp3) is 0.364. The molecule has 1 aromatic carbocycles. The number of aromatic amines is 1. The quantitative estimate of drug-likeness (QED) is 0.694. The van der Waals surface area contributed by atoms with E-state index in [1.807, 2.05) is 18.2 Å². The minimum absolute atomic E-state index is 0.139. The number of hydrogen-bond acceptors (Lipinski definition) is 4. The second-order valence-corrected chi connectivity index (χ2v) is 7.57. The van der Waals surface area contributed by atoms with Gasteiger partial charge in [0.1, 0.15) is 17.2 Å². The largest absolute Gasteiger partial charge is 0.300 e. The second-order valence-electron chi connectivity index (χ2n) is 7.57. The molecular weight excluding hydrogens is 372 g/mol. The van der Waals surface area contributed by atoms with Gasteiger partial charge in [-0.3, -0.25) is 15.0 Å². The number of aromatic nitrogens is 3. The zero-order chi connectivity index (χ0) is 20.3. The van der Waals surface area contributed by atoms with Gasteiger partial charge in [-0.1, -0.05) is 18.2 Å². The molecule has 4 rings (SSSR count). The molecule has 1 saturated heterocycles. The van der Waals surface area contributed by atoms with Gasteiger partial charge < -0.3 is 4.90 Å². The van der Waals surface area contributed by atoms with Crippen molar-refractivity contribution in [1.29, 1.82) is 0 Å². The molecule has 0 amide bonds.